The maximum atomic E-state index is 11.5. The molecule has 0 aliphatic carbocycles. The third-order valence-corrected chi connectivity index (χ3v) is 2.62. The molecule has 0 heterocycles. The van der Waals surface area contributed by atoms with E-state index in [1.54, 1.807) is 60.7 Å². The van der Waals surface area contributed by atoms with Gasteiger partial charge in [0, 0.05) is 13.2 Å². The number of hydrogen-bond acceptors (Lipinski definition) is 5. The Labute approximate surface area is 135 Å². The molecule has 122 valence electrons. The van der Waals surface area contributed by atoms with Gasteiger partial charge in [-0.05, 0) is 38.1 Å². The summed E-state index contributed by atoms with van der Waals surface area (Å²) in [5.41, 5.74) is 0.636. The van der Waals surface area contributed by atoms with Gasteiger partial charge in [-0.1, -0.05) is 36.4 Å². The van der Waals surface area contributed by atoms with Crippen LogP contribution >= 0.6 is 0 Å². The summed E-state index contributed by atoms with van der Waals surface area (Å²) in [5, 5.41) is 0. The lowest BCUT2D eigenvalue weighted by molar-refractivity contribution is -0.187. The van der Waals surface area contributed by atoms with E-state index in [2.05, 4.69) is 9.78 Å². The fourth-order valence-electron chi connectivity index (χ4n) is 1.52. The molecule has 0 saturated carbocycles. The third kappa shape index (κ3) is 7.24. The van der Waals surface area contributed by atoms with Gasteiger partial charge in [-0.25, -0.2) is 19.4 Å². The first-order valence-electron chi connectivity index (χ1n) is 7.30. The standard InChI is InChI=1S/C14H10O4.C4H10O/c15-13(11-7-3-1-4-8-11)17-18-14(16)12-9-5-2-6-10-12;1-3-5-4-2/h1-10H;3-4H2,1-2H3. The molecule has 23 heavy (non-hydrogen) atoms. The van der Waals surface area contributed by atoms with Crippen LogP contribution in [0.2, 0.25) is 0 Å². The fraction of sp³-hybridized carbons (Fsp3) is 0.222. The van der Waals surface area contributed by atoms with Crippen LogP contribution in [0.15, 0.2) is 60.7 Å². The van der Waals surface area contributed by atoms with E-state index >= 15 is 0 Å². The van der Waals surface area contributed by atoms with Crippen LogP contribution in [0, 0.1) is 0 Å². The summed E-state index contributed by atoms with van der Waals surface area (Å²) >= 11 is 0. The summed E-state index contributed by atoms with van der Waals surface area (Å²) in [6.07, 6.45) is 0. The van der Waals surface area contributed by atoms with Crippen LogP contribution in [-0.4, -0.2) is 25.2 Å². The molecule has 0 radical (unpaired) electrons. The molecule has 2 aromatic rings. The Morgan fingerprint density at radius 3 is 1.30 bits per heavy atom. The van der Waals surface area contributed by atoms with Crippen molar-refractivity contribution < 1.29 is 24.1 Å². The SMILES string of the molecule is CCOCC.O=C(OOC(=O)c1ccccc1)c1ccccc1. The normalized spacial score (nSPS) is 9.30. The quantitative estimate of drug-likeness (QED) is 0.636. The van der Waals surface area contributed by atoms with Crippen molar-refractivity contribution in [3.63, 3.8) is 0 Å². The molecule has 0 aliphatic rings. The summed E-state index contributed by atoms with van der Waals surface area (Å²) in [5.74, 6) is -1.42. The van der Waals surface area contributed by atoms with E-state index < -0.39 is 11.9 Å². The van der Waals surface area contributed by atoms with E-state index in [0.717, 1.165) is 13.2 Å². The minimum atomic E-state index is -0.708. The minimum Gasteiger partial charge on any atom is -0.382 e. The minimum absolute atomic E-state index is 0.318. The van der Waals surface area contributed by atoms with Gasteiger partial charge in [0.15, 0.2) is 0 Å². The van der Waals surface area contributed by atoms with Crippen molar-refractivity contribution in [1.29, 1.82) is 0 Å². The molecule has 0 aromatic heterocycles. The second-order valence-corrected chi connectivity index (χ2v) is 4.26. The summed E-state index contributed by atoms with van der Waals surface area (Å²) < 4.78 is 4.83. The molecule has 5 heteroatoms. The molecule has 0 unspecified atom stereocenters. The highest BCUT2D eigenvalue weighted by atomic mass is 17.2. The number of rotatable bonds is 4. The van der Waals surface area contributed by atoms with Crippen LogP contribution in [-0.2, 0) is 14.5 Å². The van der Waals surface area contributed by atoms with Gasteiger partial charge in [-0.2, -0.15) is 0 Å². The first-order chi connectivity index (χ1) is 11.2. The molecule has 0 aliphatic heterocycles. The van der Waals surface area contributed by atoms with Gasteiger partial charge in [-0.3, -0.25) is 0 Å². The first kappa shape index (κ1) is 18.4. The third-order valence-electron chi connectivity index (χ3n) is 2.62. The smallest absolute Gasteiger partial charge is 0.382 e. The van der Waals surface area contributed by atoms with E-state index in [0.29, 0.717) is 11.1 Å². The van der Waals surface area contributed by atoms with E-state index in [9.17, 15) is 9.59 Å². The number of ether oxygens (including phenoxy) is 1. The highest BCUT2D eigenvalue weighted by Crippen LogP contribution is 2.05. The molecule has 0 bridgehead atoms. The van der Waals surface area contributed by atoms with Crippen molar-refractivity contribution >= 4 is 11.9 Å². The number of benzene rings is 2. The number of hydrogen-bond donors (Lipinski definition) is 0. The van der Waals surface area contributed by atoms with Crippen molar-refractivity contribution in [1.82, 2.24) is 0 Å². The van der Waals surface area contributed by atoms with E-state index in [-0.39, 0.29) is 0 Å². The fourth-order valence-corrected chi connectivity index (χ4v) is 1.52. The maximum Gasteiger partial charge on any atom is 0.386 e. The molecule has 0 saturated heterocycles. The average Bonchev–Trinajstić information content (AvgIpc) is 2.62. The Hall–Kier alpha value is -2.66. The topological polar surface area (TPSA) is 61.8 Å². The highest BCUT2D eigenvalue weighted by Gasteiger charge is 2.12. The second kappa shape index (κ2) is 11.0. The van der Waals surface area contributed by atoms with Gasteiger partial charge >= 0.3 is 11.9 Å². The molecular weight excluding hydrogens is 296 g/mol. The maximum absolute atomic E-state index is 11.5. The zero-order chi connectivity index (χ0) is 16.9. The zero-order valence-electron chi connectivity index (χ0n) is 13.2. The van der Waals surface area contributed by atoms with Crippen molar-refractivity contribution in [3.05, 3.63) is 71.8 Å². The number of carbonyl (C=O) groups excluding carboxylic acids is 2. The second-order valence-electron chi connectivity index (χ2n) is 4.26. The summed E-state index contributed by atoms with van der Waals surface area (Å²) in [4.78, 5) is 31.9. The largest absolute Gasteiger partial charge is 0.386 e. The van der Waals surface area contributed by atoms with E-state index in [1.165, 1.54) is 0 Å². The molecule has 2 rings (SSSR count). The lowest BCUT2D eigenvalue weighted by Crippen LogP contribution is -2.11. The summed E-state index contributed by atoms with van der Waals surface area (Å²) in [6, 6.07) is 16.6. The lowest BCUT2D eigenvalue weighted by Gasteiger charge is -2.02. The summed E-state index contributed by atoms with van der Waals surface area (Å²) in [6.45, 7) is 5.67. The Kier molecular flexibility index (Phi) is 8.78. The van der Waals surface area contributed by atoms with Crippen LogP contribution < -0.4 is 0 Å². The molecule has 2 aromatic carbocycles. The van der Waals surface area contributed by atoms with Crippen molar-refractivity contribution in [2.24, 2.45) is 0 Å². The predicted molar refractivity (Wildman–Crippen MR) is 85.9 cm³/mol. The van der Waals surface area contributed by atoms with Crippen molar-refractivity contribution in [2.75, 3.05) is 13.2 Å². The van der Waals surface area contributed by atoms with Crippen LogP contribution in [0.4, 0.5) is 0 Å². The Balaban J connectivity index is 0.000000463. The molecule has 0 amide bonds. The van der Waals surface area contributed by atoms with Gasteiger partial charge in [0.05, 0.1) is 11.1 Å². The molecule has 0 N–H and O–H groups in total. The van der Waals surface area contributed by atoms with Crippen LogP contribution in [0.3, 0.4) is 0 Å². The molecule has 0 spiro atoms. The lowest BCUT2D eigenvalue weighted by atomic mass is 10.2. The van der Waals surface area contributed by atoms with Crippen molar-refractivity contribution in [2.45, 2.75) is 13.8 Å². The highest BCUT2D eigenvalue weighted by molar-refractivity contribution is 5.92. The Morgan fingerprint density at radius 2 is 1.04 bits per heavy atom. The average molecular weight is 316 g/mol. The zero-order valence-corrected chi connectivity index (χ0v) is 13.2. The van der Waals surface area contributed by atoms with E-state index in [4.69, 9.17) is 4.74 Å². The van der Waals surface area contributed by atoms with Crippen LogP contribution in [0.1, 0.15) is 34.6 Å². The van der Waals surface area contributed by atoms with Gasteiger partial charge < -0.3 is 4.74 Å². The van der Waals surface area contributed by atoms with Crippen molar-refractivity contribution in [3.8, 4) is 0 Å². The number of carbonyl (C=O) groups is 2. The first-order valence-corrected chi connectivity index (χ1v) is 7.30. The van der Waals surface area contributed by atoms with Gasteiger partial charge in [0.2, 0.25) is 0 Å². The molecule has 0 atom stereocenters. The molecular formula is C18H20O5. The predicted octanol–water partition coefficient (Wildman–Crippen LogP) is 3.66. The van der Waals surface area contributed by atoms with Gasteiger partial charge in [-0.15, -0.1) is 0 Å². The monoisotopic (exact) mass is 316 g/mol. The molecule has 0 fully saturated rings. The Bertz CT molecular complexity index is 527. The van der Waals surface area contributed by atoms with Gasteiger partial charge in [0.25, 0.3) is 0 Å². The molecule has 5 nitrogen and oxygen atoms in total. The van der Waals surface area contributed by atoms with Crippen LogP contribution in [0.25, 0.3) is 0 Å². The van der Waals surface area contributed by atoms with Crippen LogP contribution in [0.5, 0.6) is 0 Å². The van der Waals surface area contributed by atoms with Gasteiger partial charge in [0.1, 0.15) is 0 Å². The Morgan fingerprint density at radius 1 is 0.696 bits per heavy atom. The van der Waals surface area contributed by atoms with E-state index in [1.807, 2.05) is 13.8 Å². The summed E-state index contributed by atoms with van der Waals surface area (Å²) in [7, 11) is 0.